The third kappa shape index (κ3) is 4.98. The Morgan fingerprint density at radius 1 is 1.53 bits per heavy atom. The molecule has 0 fully saturated rings. The summed E-state index contributed by atoms with van der Waals surface area (Å²) < 4.78 is 0. The molecule has 0 radical (unpaired) electrons. The molecule has 0 heterocycles. The molecule has 1 rings (SSSR count). The molecule has 0 aliphatic rings. The Hall–Kier alpha value is -1.43. The van der Waals surface area contributed by atoms with Crippen LogP contribution in [0.15, 0.2) is 24.3 Å². The van der Waals surface area contributed by atoms with Gasteiger partial charge in [-0.15, -0.1) is 0 Å². The second kappa shape index (κ2) is 7.89. The van der Waals surface area contributed by atoms with Gasteiger partial charge < -0.3 is 5.32 Å². The summed E-state index contributed by atoms with van der Waals surface area (Å²) in [6.45, 7) is 2.66. The Bertz CT molecular complexity index is 451. The van der Waals surface area contributed by atoms with E-state index in [2.05, 4.69) is 28.2 Å². The molecule has 0 saturated heterocycles. The van der Waals surface area contributed by atoms with Crippen molar-refractivity contribution < 1.29 is 9.72 Å². The fourth-order valence-electron chi connectivity index (χ4n) is 1.70. The van der Waals surface area contributed by atoms with E-state index in [0.29, 0.717) is 18.0 Å². The number of halogens is 1. The van der Waals surface area contributed by atoms with E-state index in [4.69, 9.17) is 0 Å². The number of non-ortho nitro benzene ring substituents is 1. The average molecular weight is 329 g/mol. The summed E-state index contributed by atoms with van der Waals surface area (Å²) in [6, 6.07) is 5.76. The van der Waals surface area contributed by atoms with Crippen molar-refractivity contribution in [2.45, 2.75) is 19.8 Å². The summed E-state index contributed by atoms with van der Waals surface area (Å²) in [5.41, 5.74) is 0.253. The van der Waals surface area contributed by atoms with E-state index >= 15 is 0 Å². The van der Waals surface area contributed by atoms with Crippen molar-refractivity contribution >= 4 is 27.5 Å². The number of rotatable bonds is 7. The number of amides is 1. The number of nitro benzene ring substituents is 1. The number of nitrogens with one attached hydrogen (secondary N) is 1. The summed E-state index contributed by atoms with van der Waals surface area (Å²) in [4.78, 5) is 22.0. The van der Waals surface area contributed by atoms with Gasteiger partial charge in [0.1, 0.15) is 0 Å². The number of hydrogen-bond donors (Lipinski definition) is 1. The summed E-state index contributed by atoms with van der Waals surface area (Å²) in [7, 11) is 0. The maximum absolute atomic E-state index is 11.9. The second-order valence-corrected chi connectivity index (χ2v) is 5.06. The van der Waals surface area contributed by atoms with Crippen LogP contribution in [0.2, 0.25) is 0 Å². The first-order valence-corrected chi connectivity index (χ1v) is 7.29. The maximum atomic E-state index is 11.9. The van der Waals surface area contributed by atoms with Gasteiger partial charge >= 0.3 is 0 Å². The highest BCUT2D eigenvalue weighted by Crippen LogP contribution is 2.13. The van der Waals surface area contributed by atoms with Gasteiger partial charge in [-0.3, -0.25) is 14.9 Å². The quantitative estimate of drug-likeness (QED) is 0.474. The molecule has 0 saturated carbocycles. The van der Waals surface area contributed by atoms with Crippen LogP contribution in [0.4, 0.5) is 5.69 Å². The SMILES string of the molecule is CCC(CCBr)CNC(=O)c1cccc([N+](=O)[O-])c1. The van der Waals surface area contributed by atoms with Gasteiger partial charge in [0.15, 0.2) is 0 Å². The monoisotopic (exact) mass is 328 g/mol. The average Bonchev–Trinajstić information content (AvgIpc) is 2.43. The van der Waals surface area contributed by atoms with Crippen molar-refractivity contribution in [1.82, 2.24) is 5.32 Å². The minimum Gasteiger partial charge on any atom is -0.352 e. The zero-order chi connectivity index (χ0) is 14.3. The van der Waals surface area contributed by atoms with Gasteiger partial charge in [-0.2, -0.15) is 0 Å². The van der Waals surface area contributed by atoms with Gasteiger partial charge in [0.25, 0.3) is 11.6 Å². The van der Waals surface area contributed by atoms with E-state index in [1.54, 1.807) is 6.07 Å². The van der Waals surface area contributed by atoms with Gasteiger partial charge in [0.05, 0.1) is 4.92 Å². The molecule has 0 aliphatic carbocycles. The molecule has 1 aromatic carbocycles. The molecule has 0 aromatic heterocycles. The number of hydrogen-bond acceptors (Lipinski definition) is 3. The van der Waals surface area contributed by atoms with Crippen LogP contribution in [-0.2, 0) is 0 Å². The molecule has 1 amide bonds. The third-order valence-corrected chi connectivity index (χ3v) is 3.42. The van der Waals surface area contributed by atoms with E-state index < -0.39 is 4.92 Å². The topological polar surface area (TPSA) is 72.2 Å². The van der Waals surface area contributed by atoms with Crippen molar-refractivity contribution in [3.05, 3.63) is 39.9 Å². The smallest absolute Gasteiger partial charge is 0.270 e. The second-order valence-electron chi connectivity index (χ2n) is 4.27. The third-order valence-electron chi connectivity index (χ3n) is 2.97. The van der Waals surface area contributed by atoms with Crippen molar-refractivity contribution in [3.63, 3.8) is 0 Å². The number of nitro groups is 1. The molecule has 0 spiro atoms. The Morgan fingerprint density at radius 2 is 2.26 bits per heavy atom. The highest BCUT2D eigenvalue weighted by atomic mass is 79.9. The van der Waals surface area contributed by atoms with Crippen LogP contribution in [0.25, 0.3) is 0 Å². The fraction of sp³-hybridized carbons (Fsp3) is 0.462. The number of benzene rings is 1. The predicted molar refractivity (Wildman–Crippen MR) is 77.6 cm³/mol. The molecule has 0 bridgehead atoms. The highest BCUT2D eigenvalue weighted by molar-refractivity contribution is 9.09. The standard InChI is InChI=1S/C13H17BrN2O3/c1-2-10(6-7-14)9-15-13(17)11-4-3-5-12(8-11)16(18)19/h3-5,8,10H,2,6-7,9H2,1H3,(H,15,17). The van der Waals surface area contributed by atoms with Crippen molar-refractivity contribution in [2.24, 2.45) is 5.92 Å². The van der Waals surface area contributed by atoms with Crippen LogP contribution in [0.1, 0.15) is 30.1 Å². The van der Waals surface area contributed by atoms with Crippen LogP contribution in [0.5, 0.6) is 0 Å². The first kappa shape index (κ1) is 15.6. The van der Waals surface area contributed by atoms with E-state index in [1.165, 1.54) is 18.2 Å². The zero-order valence-corrected chi connectivity index (χ0v) is 12.4. The van der Waals surface area contributed by atoms with Gasteiger partial charge in [0, 0.05) is 29.6 Å². The lowest BCUT2D eigenvalue weighted by atomic mass is 10.0. The lowest BCUT2D eigenvalue weighted by molar-refractivity contribution is -0.384. The summed E-state index contributed by atoms with van der Waals surface area (Å²) in [6.07, 6.45) is 1.98. The molecule has 104 valence electrons. The minimum atomic E-state index is -0.504. The van der Waals surface area contributed by atoms with Crippen LogP contribution >= 0.6 is 15.9 Å². The first-order chi connectivity index (χ1) is 9.08. The molecule has 6 heteroatoms. The van der Waals surface area contributed by atoms with Gasteiger partial charge in [-0.25, -0.2) is 0 Å². The van der Waals surface area contributed by atoms with E-state index in [1.807, 2.05) is 0 Å². The summed E-state index contributed by atoms with van der Waals surface area (Å²) in [5.74, 6) is 0.152. The summed E-state index contributed by atoms with van der Waals surface area (Å²) >= 11 is 3.38. The number of alkyl halides is 1. The van der Waals surface area contributed by atoms with E-state index in [0.717, 1.165) is 18.2 Å². The van der Waals surface area contributed by atoms with Crippen LogP contribution in [0, 0.1) is 16.0 Å². The highest BCUT2D eigenvalue weighted by Gasteiger charge is 2.13. The predicted octanol–water partition coefficient (Wildman–Crippen LogP) is 3.14. The normalized spacial score (nSPS) is 11.9. The molecule has 5 nitrogen and oxygen atoms in total. The van der Waals surface area contributed by atoms with E-state index in [9.17, 15) is 14.9 Å². The van der Waals surface area contributed by atoms with Crippen molar-refractivity contribution in [3.8, 4) is 0 Å². The lowest BCUT2D eigenvalue weighted by Gasteiger charge is -2.14. The first-order valence-electron chi connectivity index (χ1n) is 6.17. The van der Waals surface area contributed by atoms with Gasteiger partial charge in [-0.1, -0.05) is 35.3 Å². The number of nitrogens with zero attached hydrogens (tertiary/aromatic N) is 1. The Labute approximate surface area is 120 Å². The van der Waals surface area contributed by atoms with Crippen LogP contribution in [0.3, 0.4) is 0 Å². The van der Waals surface area contributed by atoms with Gasteiger partial charge in [-0.05, 0) is 18.4 Å². The molecule has 0 aliphatic heterocycles. The lowest BCUT2D eigenvalue weighted by Crippen LogP contribution is -2.29. The molecule has 1 N–H and O–H groups in total. The zero-order valence-electron chi connectivity index (χ0n) is 10.8. The van der Waals surface area contributed by atoms with Crippen molar-refractivity contribution in [1.29, 1.82) is 0 Å². The Balaban J connectivity index is 2.62. The van der Waals surface area contributed by atoms with Crippen molar-refractivity contribution in [2.75, 3.05) is 11.9 Å². The van der Waals surface area contributed by atoms with Gasteiger partial charge in [0.2, 0.25) is 0 Å². The van der Waals surface area contributed by atoms with Crippen LogP contribution < -0.4 is 5.32 Å². The fourth-order valence-corrected chi connectivity index (χ4v) is 2.35. The maximum Gasteiger partial charge on any atom is 0.270 e. The molecule has 1 atom stereocenters. The molecule has 1 aromatic rings. The minimum absolute atomic E-state index is 0.0693. The Kier molecular flexibility index (Phi) is 6.49. The Morgan fingerprint density at radius 3 is 2.84 bits per heavy atom. The van der Waals surface area contributed by atoms with Crippen LogP contribution in [-0.4, -0.2) is 22.7 Å². The number of carbonyl (C=O) groups excluding carboxylic acids is 1. The molecule has 19 heavy (non-hydrogen) atoms. The number of carbonyl (C=O) groups is 1. The molecular weight excluding hydrogens is 312 g/mol. The molecule has 1 unspecified atom stereocenters. The van der Waals surface area contributed by atoms with E-state index in [-0.39, 0.29) is 11.6 Å². The largest absolute Gasteiger partial charge is 0.352 e. The molecular formula is C13H17BrN2O3. The summed E-state index contributed by atoms with van der Waals surface area (Å²) in [5, 5.41) is 14.4.